The molecule has 1 aliphatic heterocycles. The first-order valence-electron chi connectivity index (χ1n) is 4.93. The maximum atomic E-state index is 11.3. The van der Waals surface area contributed by atoms with E-state index in [0.717, 1.165) is 11.5 Å². The maximum Gasteiger partial charge on any atom is 0.315 e. The molecule has 1 heterocycles. The zero-order valence-corrected chi connectivity index (χ0v) is 9.47. The highest BCUT2D eigenvalue weighted by Crippen LogP contribution is 2.23. The van der Waals surface area contributed by atoms with Crippen LogP contribution >= 0.6 is 11.8 Å². The summed E-state index contributed by atoms with van der Waals surface area (Å²) in [4.78, 5) is 21.5. The summed E-state index contributed by atoms with van der Waals surface area (Å²) in [6.07, 6.45) is -0.0393. The first-order chi connectivity index (χ1) is 7.09. The molecule has 2 amide bonds. The van der Waals surface area contributed by atoms with Crippen molar-refractivity contribution in [1.29, 1.82) is 0 Å². The molecule has 0 aromatic rings. The maximum absolute atomic E-state index is 11.3. The van der Waals surface area contributed by atoms with E-state index in [4.69, 9.17) is 5.11 Å². The van der Waals surface area contributed by atoms with E-state index < -0.39 is 5.97 Å². The molecule has 1 rings (SSSR count). The summed E-state index contributed by atoms with van der Waals surface area (Å²) in [5, 5.41) is 13.7. The van der Waals surface area contributed by atoms with Gasteiger partial charge in [-0.3, -0.25) is 4.79 Å². The van der Waals surface area contributed by atoms with Gasteiger partial charge in [-0.15, -0.1) is 0 Å². The van der Waals surface area contributed by atoms with Gasteiger partial charge in [0.05, 0.1) is 6.42 Å². The van der Waals surface area contributed by atoms with E-state index in [9.17, 15) is 9.59 Å². The second kappa shape index (κ2) is 5.85. The van der Waals surface area contributed by atoms with Gasteiger partial charge in [0.2, 0.25) is 0 Å². The van der Waals surface area contributed by atoms with E-state index in [0.29, 0.717) is 5.92 Å². The number of carbonyl (C=O) groups is 2. The van der Waals surface area contributed by atoms with Crippen LogP contribution in [0.3, 0.4) is 0 Å². The van der Waals surface area contributed by atoms with Crippen LogP contribution in [0.5, 0.6) is 0 Å². The largest absolute Gasteiger partial charge is 0.481 e. The Morgan fingerprint density at radius 3 is 2.73 bits per heavy atom. The van der Waals surface area contributed by atoms with Crippen LogP contribution in [-0.4, -0.2) is 41.2 Å². The van der Waals surface area contributed by atoms with Crippen molar-refractivity contribution in [1.82, 2.24) is 10.6 Å². The van der Waals surface area contributed by atoms with Gasteiger partial charge in [0.15, 0.2) is 0 Å². The van der Waals surface area contributed by atoms with Crippen molar-refractivity contribution in [2.24, 2.45) is 5.92 Å². The summed E-state index contributed by atoms with van der Waals surface area (Å²) in [6, 6.07) is -0.0598. The molecule has 0 saturated carbocycles. The lowest BCUT2D eigenvalue weighted by atomic mass is 10.1. The number of carboxylic acid groups (broad SMARTS) is 1. The van der Waals surface area contributed by atoms with E-state index in [1.54, 1.807) is 0 Å². The Hall–Kier alpha value is -0.910. The number of carbonyl (C=O) groups excluding carboxylic acids is 1. The molecule has 0 aromatic heterocycles. The number of nitrogens with one attached hydrogen (secondary N) is 2. The SMILES string of the molecule is CC1CSCC1NC(=O)NCCC(=O)O. The molecule has 0 aliphatic carbocycles. The fourth-order valence-electron chi connectivity index (χ4n) is 1.35. The molecule has 0 bridgehead atoms. The summed E-state index contributed by atoms with van der Waals surface area (Å²) in [6.45, 7) is 2.28. The topological polar surface area (TPSA) is 78.4 Å². The number of urea groups is 1. The minimum atomic E-state index is -0.903. The van der Waals surface area contributed by atoms with Crippen LogP contribution < -0.4 is 10.6 Å². The fraction of sp³-hybridized carbons (Fsp3) is 0.778. The summed E-state index contributed by atoms with van der Waals surface area (Å²) in [5.74, 6) is 1.59. The molecule has 2 atom stereocenters. The average molecular weight is 232 g/mol. The molecular formula is C9H16N2O3S. The highest BCUT2D eigenvalue weighted by molar-refractivity contribution is 7.99. The van der Waals surface area contributed by atoms with Crippen LogP contribution in [0.2, 0.25) is 0 Å². The number of hydrogen-bond donors (Lipinski definition) is 3. The van der Waals surface area contributed by atoms with Gasteiger partial charge in [0.25, 0.3) is 0 Å². The van der Waals surface area contributed by atoms with E-state index in [-0.39, 0.29) is 25.0 Å². The molecule has 0 spiro atoms. The third kappa shape index (κ3) is 4.42. The Balaban J connectivity index is 2.15. The quantitative estimate of drug-likeness (QED) is 0.660. The van der Waals surface area contributed by atoms with Gasteiger partial charge in [0.1, 0.15) is 0 Å². The second-order valence-corrected chi connectivity index (χ2v) is 4.74. The highest BCUT2D eigenvalue weighted by Gasteiger charge is 2.24. The zero-order chi connectivity index (χ0) is 11.3. The van der Waals surface area contributed by atoms with Crippen molar-refractivity contribution in [3.8, 4) is 0 Å². The smallest absolute Gasteiger partial charge is 0.315 e. The van der Waals surface area contributed by atoms with Crippen LogP contribution in [0.25, 0.3) is 0 Å². The normalized spacial score (nSPS) is 24.9. The van der Waals surface area contributed by atoms with E-state index in [2.05, 4.69) is 17.6 Å². The van der Waals surface area contributed by atoms with Gasteiger partial charge in [-0.2, -0.15) is 11.8 Å². The van der Waals surface area contributed by atoms with Crippen molar-refractivity contribution in [2.45, 2.75) is 19.4 Å². The van der Waals surface area contributed by atoms with Crippen molar-refractivity contribution in [3.05, 3.63) is 0 Å². The number of rotatable bonds is 4. The Morgan fingerprint density at radius 2 is 2.20 bits per heavy atom. The third-order valence-corrected chi connectivity index (χ3v) is 3.66. The first kappa shape index (κ1) is 12.2. The molecule has 15 heavy (non-hydrogen) atoms. The third-order valence-electron chi connectivity index (χ3n) is 2.31. The number of aliphatic carboxylic acids is 1. The lowest BCUT2D eigenvalue weighted by Crippen LogP contribution is -2.45. The molecule has 5 nitrogen and oxygen atoms in total. The van der Waals surface area contributed by atoms with Crippen LogP contribution in [0.15, 0.2) is 0 Å². The van der Waals surface area contributed by atoms with Gasteiger partial charge in [-0.25, -0.2) is 4.79 Å². The molecular weight excluding hydrogens is 216 g/mol. The van der Waals surface area contributed by atoms with Gasteiger partial charge in [-0.1, -0.05) is 6.92 Å². The van der Waals surface area contributed by atoms with Gasteiger partial charge in [-0.05, 0) is 11.7 Å². The lowest BCUT2D eigenvalue weighted by molar-refractivity contribution is -0.136. The number of amides is 2. The van der Waals surface area contributed by atoms with Crippen molar-refractivity contribution in [3.63, 3.8) is 0 Å². The van der Waals surface area contributed by atoms with E-state index in [1.807, 2.05) is 11.8 Å². The van der Waals surface area contributed by atoms with E-state index in [1.165, 1.54) is 0 Å². The van der Waals surface area contributed by atoms with Crippen molar-refractivity contribution in [2.75, 3.05) is 18.1 Å². The minimum Gasteiger partial charge on any atom is -0.481 e. The Bertz CT molecular complexity index is 248. The first-order valence-corrected chi connectivity index (χ1v) is 6.09. The van der Waals surface area contributed by atoms with Crippen LogP contribution in [0, 0.1) is 5.92 Å². The summed E-state index contributed by atoms with van der Waals surface area (Å²) < 4.78 is 0. The standard InChI is InChI=1S/C9H16N2O3S/c1-6-4-15-5-7(6)11-9(14)10-3-2-8(12)13/h6-7H,2-5H2,1H3,(H,12,13)(H2,10,11,14). The Kier molecular flexibility index (Phi) is 4.74. The summed E-state index contributed by atoms with van der Waals surface area (Å²) in [7, 11) is 0. The number of hydrogen-bond acceptors (Lipinski definition) is 3. The highest BCUT2D eigenvalue weighted by atomic mass is 32.2. The predicted molar refractivity (Wildman–Crippen MR) is 59.1 cm³/mol. The molecule has 0 aromatic carbocycles. The number of thioether (sulfide) groups is 1. The zero-order valence-electron chi connectivity index (χ0n) is 8.66. The van der Waals surface area contributed by atoms with Crippen LogP contribution in [0.1, 0.15) is 13.3 Å². The molecule has 1 fully saturated rings. The van der Waals surface area contributed by atoms with Crippen LogP contribution in [0.4, 0.5) is 4.79 Å². The second-order valence-electron chi connectivity index (χ2n) is 3.67. The summed E-state index contributed by atoms with van der Waals surface area (Å²) in [5.41, 5.74) is 0. The minimum absolute atomic E-state index is 0.0393. The fourth-order valence-corrected chi connectivity index (χ4v) is 2.75. The molecule has 86 valence electrons. The molecule has 3 N–H and O–H groups in total. The van der Waals surface area contributed by atoms with E-state index >= 15 is 0 Å². The molecule has 0 radical (unpaired) electrons. The average Bonchev–Trinajstić information content (AvgIpc) is 2.51. The molecule has 2 unspecified atom stereocenters. The van der Waals surface area contributed by atoms with Gasteiger partial charge >= 0.3 is 12.0 Å². The molecule has 1 aliphatic rings. The lowest BCUT2D eigenvalue weighted by Gasteiger charge is -2.16. The molecule has 6 heteroatoms. The van der Waals surface area contributed by atoms with Crippen molar-refractivity contribution >= 4 is 23.8 Å². The monoisotopic (exact) mass is 232 g/mol. The van der Waals surface area contributed by atoms with Gasteiger partial charge < -0.3 is 15.7 Å². The predicted octanol–water partition coefficient (Wildman–Crippen LogP) is 0.512. The Labute approximate surface area is 93.0 Å². The molecule has 1 saturated heterocycles. The summed E-state index contributed by atoms with van der Waals surface area (Å²) >= 11 is 1.82. The van der Waals surface area contributed by atoms with Crippen LogP contribution in [-0.2, 0) is 4.79 Å². The van der Waals surface area contributed by atoms with Crippen molar-refractivity contribution < 1.29 is 14.7 Å². The number of carboxylic acids is 1. The van der Waals surface area contributed by atoms with Gasteiger partial charge in [0, 0.05) is 18.3 Å². The Morgan fingerprint density at radius 1 is 1.47 bits per heavy atom.